The zero-order valence-corrected chi connectivity index (χ0v) is 19.0. The number of fused-ring (bicyclic) bond motifs is 1. The molecule has 0 spiro atoms. The third-order valence-corrected chi connectivity index (χ3v) is 6.16. The van der Waals surface area contributed by atoms with Crippen molar-refractivity contribution in [3.05, 3.63) is 90.1 Å². The van der Waals surface area contributed by atoms with Gasteiger partial charge in [-0.1, -0.05) is 18.2 Å². The smallest absolute Gasteiger partial charge is 0.321 e. The van der Waals surface area contributed by atoms with E-state index in [2.05, 4.69) is 10.4 Å². The van der Waals surface area contributed by atoms with E-state index in [0.717, 1.165) is 0 Å². The van der Waals surface area contributed by atoms with Crippen molar-refractivity contribution < 1.29 is 27.2 Å². The Morgan fingerprint density at radius 3 is 2.42 bits per heavy atom. The summed E-state index contributed by atoms with van der Waals surface area (Å²) in [6, 6.07) is 14.4. The molecule has 1 aromatic heterocycles. The first kappa shape index (κ1) is 23.5. The maximum absolute atomic E-state index is 14.8. The summed E-state index contributed by atoms with van der Waals surface area (Å²) in [7, 11) is 0. The minimum absolute atomic E-state index is 0.0928. The van der Waals surface area contributed by atoms with Gasteiger partial charge in [-0.3, -0.25) is 9.59 Å². The van der Waals surface area contributed by atoms with Crippen molar-refractivity contribution in [2.24, 2.45) is 0 Å². The van der Waals surface area contributed by atoms with Crippen LogP contribution in [0.25, 0.3) is 16.6 Å². The van der Waals surface area contributed by atoms with E-state index in [1.807, 2.05) is 0 Å². The highest BCUT2D eigenvalue weighted by atomic mass is 19.3. The second-order valence-corrected chi connectivity index (χ2v) is 8.68. The van der Waals surface area contributed by atoms with Crippen molar-refractivity contribution in [1.29, 1.82) is 0 Å². The molecule has 0 bridgehead atoms. The molecule has 3 aromatic carbocycles. The molecule has 0 unspecified atom stereocenters. The molecule has 2 amide bonds. The highest BCUT2D eigenvalue weighted by Gasteiger charge is 2.45. The quantitative estimate of drug-likeness (QED) is 0.399. The molecule has 1 N–H and O–H groups in total. The zero-order valence-electron chi connectivity index (χ0n) is 19.0. The molecule has 1 fully saturated rings. The summed E-state index contributed by atoms with van der Waals surface area (Å²) < 4.78 is 57.0. The molecule has 1 aliphatic heterocycles. The van der Waals surface area contributed by atoms with Gasteiger partial charge in [0.1, 0.15) is 11.6 Å². The lowest BCUT2D eigenvalue weighted by molar-refractivity contribution is -0.143. The van der Waals surface area contributed by atoms with Gasteiger partial charge in [-0.15, -0.1) is 0 Å². The summed E-state index contributed by atoms with van der Waals surface area (Å²) >= 11 is 0. The number of hydrogen-bond acceptors (Lipinski definition) is 3. The molecule has 6 nitrogen and oxygen atoms in total. The van der Waals surface area contributed by atoms with E-state index < -0.39 is 35.6 Å². The van der Waals surface area contributed by atoms with Crippen molar-refractivity contribution >= 4 is 28.4 Å². The molecular weight excluding hydrogens is 476 g/mol. The number of carbonyl (C=O) groups is 2. The lowest BCUT2D eigenvalue weighted by atomic mass is 9.98. The number of anilines is 1. The largest absolute Gasteiger partial charge is 0.345 e. The van der Waals surface area contributed by atoms with Gasteiger partial charge in [0.25, 0.3) is 5.91 Å². The predicted molar refractivity (Wildman–Crippen MR) is 125 cm³/mol. The molecular formula is C26H20F4N4O2. The number of nitrogens with one attached hydrogen (secondary N) is 1. The van der Waals surface area contributed by atoms with E-state index >= 15 is 0 Å². The van der Waals surface area contributed by atoms with Crippen LogP contribution in [-0.2, 0) is 9.59 Å². The van der Waals surface area contributed by atoms with Gasteiger partial charge in [0, 0.05) is 30.0 Å². The van der Waals surface area contributed by atoms with Gasteiger partial charge in [0.15, 0.2) is 0 Å². The number of carbonyl (C=O) groups excluding carboxylic acids is 2. The Bertz CT molecular complexity index is 1460. The average molecular weight is 496 g/mol. The van der Waals surface area contributed by atoms with E-state index in [4.69, 9.17) is 0 Å². The first-order valence-corrected chi connectivity index (χ1v) is 11.1. The van der Waals surface area contributed by atoms with Crippen LogP contribution in [-0.4, -0.2) is 33.6 Å². The average Bonchev–Trinajstić information content (AvgIpc) is 3.39. The molecule has 1 saturated heterocycles. The number of rotatable bonds is 5. The third-order valence-electron chi connectivity index (χ3n) is 6.16. The van der Waals surface area contributed by atoms with Crippen molar-refractivity contribution in [2.45, 2.75) is 31.4 Å². The van der Waals surface area contributed by atoms with Crippen LogP contribution in [0.3, 0.4) is 0 Å². The van der Waals surface area contributed by atoms with Crippen molar-refractivity contribution in [3.63, 3.8) is 0 Å². The number of benzene rings is 3. The molecule has 0 saturated carbocycles. The van der Waals surface area contributed by atoms with Crippen LogP contribution in [0.2, 0.25) is 0 Å². The Morgan fingerprint density at radius 2 is 1.72 bits per heavy atom. The van der Waals surface area contributed by atoms with Gasteiger partial charge in [0.05, 0.1) is 29.5 Å². The van der Waals surface area contributed by atoms with Crippen LogP contribution in [0.1, 0.15) is 24.9 Å². The van der Waals surface area contributed by atoms with Crippen LogP contribution < -0.4 is 10.2 Å². The second kappa shape index (κ2) is 8.78. The maximum atomic E-state index is 14.8. The van der Waals surface area contributed by atoms with Crippen LogP contribution in [0.15, 0.2) is 72.9 Å². The summed E-state index contributed by atoms with van der Waals surface area (Å²) in [6.45, 7) is 0.460. The monoisotopic (exact) mass is 496 g/mol. The van der Waals surface area contributed by atoms with Crippen molar-refractivity contribution in [3.8, 4) is 5.69 Å². The predicted octanol–water partition coefficient (Wildman–Crippen LogP) is 4.92. The molecule has 0 radical (unpaired) electrons. The Kier molecular flexibility index (Phi) is 5.74. The number of nitrogens with zero attached hydrogens (tertiary/aromatic N) is 3. The molecule has 0 aliphatic carbocycles. The Balaban J connectivity index is 1.56. The van der Waals surface area contributed by atoms with E-state index in [0.29, 0.717) is 29.2 Å². The highest BCUT2D eigenvalue weighted by Crippen LogP contribution is 2.39. The fourth-order valence-electron chi connectivity index (χ4n) is 4.49. The van der Waals surface area contributed by atoms with E-state index in [1.54, 1.807) is 47.3 Å². The third kappa shape index (κ3) is 4.19. The number of alkyl halides is 2. The van der Waals surface area contributed by atoms with Gasteiger partial charge >= 0.3 is 5.92 Å². The number of amides is 2. The summed E-state index contributed by atoms with van der Waals surface area (Å²) in [4.78, 5) is 26.5. The maximum Gasteiger partial charge on any atom is 0.321 e. The topological polar surface area (TPSA) is 67.2 Å². The molecule has 2 heterocycles. The lowest BCUT2D eigenvalue weighted by Gasteiger charge is -2.30. The van der Waals surface area contributed by atoms with Crippen LogP contribution in [0.4, 0.5) is 23.2 Å². The fourth-order valence-corrected chi connectivity index (χ4v) is 4.49. The zero-order chi connectivity index (χ0) is 25.6. The van der Waals surface area contributed by atoms with Gasteiger partial charge in [0.2, 0.25) is 5.91 Å². The Hall–Kier alpha value is -4.21. The van der Waals surface area contributed by atoms with Gasteiger partial charge in [-0.2, -0.15) is 13.9 Å². The van der Waals surface area contributed by atoms with Crippen LogP contribution >= 0.6 is 0 Å². The molecule has 2 atom stereocenters. The van der Waals surface area contributed by atoms with Gasteiger partial charge < -0.3 is 10.2 Å². The van der Waals surface area contributed by atoms with E-state index in [-0.39, 0.29) is 17.8 Å². The molecule has 4 aromatic rings. The van der Waals surface area contributed by atoms with Crippen LogP contribution in [0, 0.1) is 11.6 Å². The Morgan fingerprint density at radius 1 is 1.03 bits per heavy atom. The molecule has 36 heavy (non-hydrogen) atoms. The summed E-state index contributed by atoms with van der Waals surface area (Å²) in [5.74, 6) is -6.68. The minimum Gasteiger partial charge on any atom is -0.345 e. The van der Waals surface area contributed by atoms with Crippen molar-refractivity contribution in [2.75, 3.05) is 4.90 Å². The SMILES string of the molecule is CC(F)(F)C(=O)N[C@@H]1CC(=O)N(c2ccc3c(cnn3-c3ccc(F)cc3)c2)[C@H]1c1ccccc1F. The normalized spacial score (nSPS) is 18.1. The molecule has 1 aliphatic rings. The van der Waals surface area contributed by atoms with Crippen molar-refractivity contribution in [1.82, 2.24) is 15.1 Å². The summed E-state index contributed by atoms with van der Waals surface area (Å²) in [6.07, 6.45) is 1.28. The lowest BCUT2D eigenvalue weighted by Crippen LogP contribution is -2.46. The van der Waals surface area contributed by atoms with Gasteiger partial charge in [-0.25, -0.2) is 13.5 Å². The molecule has 5 rings (SSSR count). The first-order valence-electron chi connectivity index (χ1n) is 11.1. The number of halogens is 4. The second-order valence-electron chi connectivity index (χ2n) is 8.68. The Labute approximate surface area is 203 Å². The standard InChI is InChI=1S/C26H20F4N4O2/c1-26(29,30)25(36)32-21-13-23(35)33(24(21)19-4-2-3-5-20(19)28)18-10-11-22-15(12-18)14-31-34(22)17-8-6-16(27)7-9-17/h2-12,14,21,24H,13H2,1H3,(H,32,36)/t21-,24+/m1/s1. The summed E-state index contributed by atoms with van der Waals surface area (Å²) in [5, 5.41) is 7.22. The van der Waals surface area contributed by atoms with E-state index in [1.165, 1.54) is 35.2 Å². The van der Waals surface area contributed by atoms with E-state index in [9.17, 15) is 27.2 Å². The fraction of sp³-hybridized carbons (Fsp3) is 0.192. The van der Waals surface area contributed by atoms with Gasteiger partial charge in [-0.05, 0) is 48.5 Å². The summed E-state index contributed by atoms with van der Waals surface area (Å²) in [5.41, 5.74) is 1.79. The highest BCUT2D eigenvalue weighted by molar-refractivity contribution is 6.00. The number of hydrogen-bond donors (Lipinski definition) is 1. The molecule has 184 valence electrons. The molecule has 10 heteroatoms. The van der Waals surface area contributed by atoms with Crippen LogP contribution in [0.5, 0.6) is 0 Å². The minimum atomic E-state index is -3.66. The number of aromatic nitrogens is 2. The first-order chi connectivity index (χ1) is 17.1.